The summed E-state index contributed by atoms with van der Waals surface area (Å²) in [4.78, 5) is 12.1. The number of aryl methyl sites for hydroxylation is 1. The van der Waals surface area contributed by atoms with E-state index in [1.54, 1.807) is 13.0 Å². The molecule has 1 atom stereocenters. The highest BCUT2D eigenvalue weighted by Crippen LogP contribution is 2.10. The lowest BCUT2D eigenvalue weighted by atomic mass is 10.1. The van der Waals surface area contributed by atoms with Crippen molar-refractivity contribution in [2.45, 2.75) is 32.7 Å². The van der Waals surface area contributed by atoms with Gasteiger partial charge in [-0.25, -0.2) is 4.39 Å². The van der Waals surface area contributed by atoms with Crippen LogP contribution in [-0.4, -0.2) is 16.9 Å². The number of amides is 1. The zero-order valence-electron chi connectivity index (χ0n) is 10.5. The Kier molecular flexibility index (Phi) is 5.22. The maximum absolute atomic E-state index is 13.6. The van der Waals surface area contributed by atoms with Crippen LogP contribution in [0.3, 0.4) is 0 Å². The average molecular weight is 268 g/mol. The molecule has 0 aliphatic carbocycles. The van der Waals surface area contributed by atoms with Crippen molar-refractivity contribution in [2.75, 3.05) is 0 Å². The predicted molar refractivity (Wildman–Crippen MR) is 74.1 cm³/mol. The second kappa shape index (κ2) is 6.44. The Morgan fingerprint density at radius 3 is 2.72 bits per heavy atom. The summed E-state index contributed by atoms with van der Waals surface area (Å²) >= 11 is 4.87. The van der Waals surface area contributed by atoms with E-state index >= 15 is 0 Å². The lowest BCUT2D eigenvalue weighted by Crippen LogP contribution is -2.43. The SMILES string of the molecule is CCCC(NC(=O)c1ccc(C)cc1F)C(N)=S. The topological polar surface area (TPSA) is 55.1 Å². The van der Waals surface area contributed by atoms with Gasteiger partial charge < -0.3 is 11.1 Å². The minimum atomic E-state index is -0.536. The first-order valence-electron chi connectivity index (χ1n) is 5.82. The number of hydrogen-bond donors (Lipinski definition) is 2. The van der Waals surface area contributed by atoms with E-state index in [0.29, 0.717) is 6.42 Å². The Balaban J connectivity index is 2.83. The highest BCUT2D eigenvalue weighted by atomic mass is 32.1. The normalized spacial score (nSPS) is 11.9. The number of benzene rings is 1. The molecule has 0 radical (unpaired) electrons. The van der Waals surface area contributed by atoms with E-state index in [1.165, 1.54) is 12.1 Å². The number of nitrogens with one attached hydrogen (secondary N) is 1. The Bertz CT molecular complexity index is 462. The number of halogens is 1. The summed E-state index contributed by atoms with van der Waals surface area (Å²) < 4.78 is 13.6. The van der Waals surface area contributed by atoms with Crippen LogP contribution in [0.1, 0.15) is 35.7 Å². The third-order valence-corrected chi connectivity index (χ3v) is 2.88. The standard InChI is InChI=1S/C13H17FN2OS/c1-3-4-11(12(15)18)16-13(17)9-6-5-8(2)7-10(9)14/h5-7,11H,3-4H2,1-2H3,(H2,15,18)(H,16,17). The molecule has 0 saturated carbocycles. The molecule has 0 saturated heterocycles. The number of nitrogens with two attached hydrogens (primary N) is 1. The van der Waals surface area contributed by atoms with E-state index in [9.17, 15) is 9.18 Å². The van der Waals surface area contributed by atoms with Crippen molar-refractivity contribution >= 4 is 23.1 Å². The number of rotatable bonds is 5. The smallest absolute Gasteiger partial charge is 0.254 e. The maximum Gasteiger partial charge on any atom is 0.254 e. The van der Waals surface area contributed by atoms with Crippen molar-refractivity contribution in [1.82, 2.24) is 5.32 Å². The summed E-state index contributed by atoms with van der Waals surface area (Å²) in [6.45, 7) is 3.73. The van der Waals surface area contributed by atoms with E-state index in [-0.39, 0.29) is 10.6 Å². The predicted octanol–water partition coefficient (Wildman–Crippen LogP) is 2.32. The summed E-state index contributed by atoms with van der Waals surface area (Å²) in [5.74, 6) is -1.02. The molecule has 0 aromatic heterocycles. The molecule has 0 heterocycles. The van der Waals surface area contributed by atoms with Gasteiger partial charge in [0, 0.05) is 0 Å². The molecule has 0 bridgehead atoms. The van der Waals surface area contributed by atoms with Crippen LogP contribution in [0, 0.1) is 12.7 Å². The third-order valence-electron chi connectivity index (χ3n) is 2.60. The van der Waals surface area contributed by atoms with E-state index in [2.05, 4.69) is 5.32 Å². The molecule has 18 heavy (non-hydrogen) atoms. The van der Waals surface area contributed by atoms with Gasteiger partial charge in [-0.15, -0.1) is 0 Å². The molecule has 5 heteroatoms. The number of carbonyl (C=O) groups is 1. The van der Waals surface area contributed by atoms with Crippen molar-refractivity contribution in [2.24, 2.45) is 5.73 Å². The van der Waals surface area contributed by atoms with Gasteiger partial charge in [0.25, 0.3) is 5.91 Å². The van der Waals surface area contributed by atoms with Gasteiger partial charge in [0.15, 0.2) is 0 Å². The van der Waals surface area contributed by atoms with Gasteiger partial charge in [-0.2, -0.15) is 0 Å². The molecule has 1 unspecified atom stereocenters. The van der Waals surface area contributed by atoms with Gasteiger partial charge in [-0.3, -0.25) is 4.79 Å². The Morgan fingerprint density at radius 2 is 2.22 bits per heavy atom. The summed E-state index contributed by atoms with van der Waals surface area (Å²) in [5, 5.41) is 2.65. The molecule has 0 spiro atoms. The van der Waals surface area contributed by atoms with Gasteiger partial charge in [0.1, 0.15) is 5.82 Å². The number of hydrogen-bond acceptors (Lipinski definition) is 2. The van der Waals surface area contributed by atoms with Crippen molar-refractivity contribution < 1.29 is 9.18 Å². The van der Waals surface area contributed by atoms with Crippen LogP contribution in [-0.2, 0) is 0 Å². The van der Waals surface area contributed by atoms with Crippen molar-refractivity contribution in [3.63, 3.8) is 0 Å². The Hall–Kier alpha value is -1.49. The minimum absolute atomic E-state index is 0.0120. The molecule has 3 nitrogen and oxygen atoms in total. The fourth-order valence-corrected chi connectivity index (χ4v) is 1.79. The molecular weight excluding hydrogens is 251 g/mol. The van der Waals surface area contributed by atoms with Gasteiger partial charge in [-0.1, -0.05) is 31.6 Å². The van der Waals surface area contributed by atoms with Crippen LogP contribution in [0.4, 0.5) is 4.39 Å². The molecule has 0 aliphatic heterocycles. The van der Waals surface area contributed by atoms with E-state index in [1.807, 2.05) is 6.92 Å². The van der Waals surface area contributed by atoms with Crippen LogP contribution >= 0.6 is 12.2 Å². The fourth-order valence-electron chi connectivity index (χ4n) is 1.61. The van der Waals surface area contributed by atoms with Gasteiger partial charge in [-0.05, 0) is 31.0 Å². The van der Waals surface area contributed by atoms with Crippen LogP contribution in [0.15, 0.2) is 18.2 Å². The van der Waals surface area contributed by atoms with Crippen LogP contribution < -0.4 is 11.1 Å². The van der Waals surface area contributed by atoms with Crippen molar-refractivity contribution in [3.8, 4) is 0 Å². The third kappa shape index (κ3) is 3.77. The molecule has 1 aromatic carbocycles. The first-order valence-corrected chi connectivity index (χ1v) is 6.22. The van der Waals surface area contributed by atoms with E-state index in [0.717, 1.165) is 12.0 Å². The number of carbonyl (C=O) groups excluding carboxylic acids is 1. The van der Waals surface area contributed by atoms with Crippen molar-refractivity contribution in [3.05, 3.63) is 35.1 Å². The minimum Gasteiger partial charge on any atom is -0.392 e. The Labute approximate surface area is 112 Å². The molecule has 0 fully saturated rings. The lowest BCUT2D eigenvalue weighted by Gasteiger charge is -2.16. The molecule has 1 aromatic rings. The summed E-state index contributed by atoms with van der Waals surface area (Å²) in [6.07, 6.45) is 1.48. The molecule has 98 valence electrons. The average Bonchev–Trinajstić information content (AvgIpc) is 2.27. The maximum atomic E-state index is 13.6. The highest BCUT2D eigenvalue weighted by molar-refractivity contribution is 7.80. The quantitative estimate of drug-likeness (QED) is 0.806. The molecular formula is C13H17FN2OS. The highest BCUT2D eigenvalue weighted by Gasteiger charge is 2.17. The molecule has 1 amide bonds. The second-order valence-electron chi connectivity index (χ2n) is 4.20. The van der Waals surface area contributed by atoms with Crippen LogP contribution in [0.25, 0.3) is 0 Å². The van der Waals surface area contributed by atoms with Crippen LogP contribution in [0.5, 0.6) is 0 Å². The second-order valence-corrected chi connectivity index (χ2v) is 4.67. The Morgan fingerprint density at radius 1 is 1.56 bits per heavy atom. The van der Waals surface area contributed by atoms with Crippen LogP contribution in [0.2, 0.25) is 0 Å². The molecule has 0 aliphatic rings. The molecule has 1 rings (SSSR count). The zero-order chi connectivity index (χ0) is 13.7. The van der Waals surface area contributed by atoms with E-state index < -0.39 is 17.8 Å². The monoisotopic (exact) mass is 268 g/mol. The zero-order valence-corrected chi connectivity index (χ0v) is 11.3. The van der Waals surface area contributed by atoms with Gasteiger partial charge >= 0.3 is 0 Å². The lowest BCUT2D eigenvalue weighted by molar-refractivity contribution is 0.0941. The summed E-state index contributed by atoms with van der Waals surface area (Å²) in [6, 6.07) is 4.08. The van der Waals surface area contributed by atoms with E-state index in [4.69, 9.17) is 18.0 Å². The van der Waals surface area contributed by atoms with Gasteiger partial charge in [0.2, 0.25) is 0 Å². The summed E-state index contributed by atoms with van der Waals surface area (Å²) in [7, 11) is 0. The molecule has 3 N–H and O–H groups in total. The number of thiocarbonyl (C=S) groups is 1. The largest absolute Gasteiger partial charge is 0.392 e. The first-order chi connectivity index (χ1) is 8.45. The summed E-state index contributed by atoms with van der Waals surface area (Å²) in [5.41, 5.74) is 6.31. The van der Waals surface area contributed by atoms with Crippen molar-refractivity contribution in [1.29, 1.82) is 0 Å². The fraction of sp³-hybridized carbons (Fsp3) is 0.385. The first kappa shape index (κ1) is 14.6. The van der Waals surface area contributed by atoms with Gasteiger partial charge in [0.05, 0.1) is 16.6 Å².